The van der Waals surface area contributed by atoms with E-state index in [-0.39, 0.29) is 11.9 Å². The average Bonchev–Trinajstić information content (AvgIpc) is 2.66. The lowest BCUT2D eigenvalue weighted by Crippen LogP contribution is -2.42. The highest BCUT2D eigenvalue weighted by molar-refractivity contribution is 5.90. The molecule has 3 aromatic rings. The minimum Gasteiger partial charge on any atom is -0.354 e. The summed E-state index contributed by atoms with van der Waals surface area (Å²) >= 11 is 0. The second-order valence-corrected chi connectivity index (χ2v) is 6.93. The van der Waals surface area contributed by atoms with Gasteiger partial charge in [0.05, 0.1) is 6.42 Å². The maximum Gasteiger partial charge on any atom is 0.224 e. The summed E-state index contributed by atoms with van der Waals surface area (Å²) in [5.74, 6) is 0.0706. The van der Waals surface area contributed by atoms with Crippen LogP contribution in [0.25, 0.3) is 10.8 Å². The molecule has 0 aromatic heterocycles. The van der Waals surface area contributed by atoms with Crippen molar-refractivity contribution in [3.8, 4) is 0 Å². The molecule has 0 saturated heterocycles. The molecule has 1 atom stereocenters. The van der Waals surface area contributed by atoms with Crippen LogP contribution < -0.4 is 5.32 Å². The second-order valence-electron chi connectivity index (χ2n) is 6.93. The Morgan fingerprint density at radius 2 is 1.62 bits per heavy atom. The first-order valence-electron chi connectivity index (χ1n) is 9.07. The Hall–Kier alpha value is -2.65. The van der Waals surface area contributed by atoms with E-state index in [4.69, 9.17) is 0 Å². The van der Waals surface area contributed by atoms with E-state index in [0.717, 1.165) is 17.4 Å². The number of nitrogens with zero attached hydrogens (tertiary/aromatic N) is 1. The molecule has 0 saturated carbocycles. The van der Waals surface area contributed by atoms with E-state index in [0.29, 0.717) is 13.0 Å². The average molecular weight is 346 g/mol. The zero-order valence-electron chi connectivity index (χ0n) is 15.5. The molecule has 3 heteroatoms. The van der Waals surface area contributed by atoms with Crippen LogP contribution in [0.15, 0.2) is 72.8 Å². The summed E-state index contributed by atoms with van der Waals surface area (Å²) in [6.07, 6.45) is 1.33. The molecule has 3 rings (SSSR count). The number of amides is 1. The van der Waals surface area contributed by atoms with Crippen LogP contribution >= 0.6 is 0 Å². The molecule has 3 aromatic carbocycles. The van der Waals surface area contributed by atoms with Crippen LogP contribution in [0.3, 0.4) is 0 Å². The number of likely N-dealkylation sites (N-methyl/N-ethyl adjacent to an activating group) is 1. The fourth-order valence-corrected chi connectivity index (χ4v) is 3.24. The fraction of sp³-hybridized carbons (Fsp3) is 0.261. The third-order valence-electron chi connectivity index (χ3n) is 4.81. The second kappa shape index (κ2) is 8.63. The van der Waals surface area contributed by atoms with Crippen LogP contribution in [-0.2, 0) is 17.6 Å². The zero-order valence-corrected chi connectivity index (χ0v) is 15.5. The predicted molar refractivity (Wildman–Crippen MR) is 108 cm³/mol. The molecule has 0 aliphatic heterocycles. The van der Waals surface area contributed by atoms with Crippen molar-refractivity contribution in [1.82, 2.24) is 10.2 Å². The molecule has 1 unspecified atom stereocenters. The standard InChI is InChI=1S/C23H26N2O/c1-25(2)21(15-18-9-4-3-5-10-18)17-24-23(26)16-20-13-8-12-19-11-6-7-14-22(19)20/h3-14,21H,15-17H2,1-2H3,(H,24,26). The van der Waals surface area contributed by atoms with E-state index < -0.39 is 0 Å². The number of nitrogens with one attached hydrogen (secondary N) is 1. The number of carbonyl (C=O) groups is 1. The van der Waals surface area contributed by atoms with Crippen LogP contribution in [0.4, 0.5) is 0 Å². The quantitative estimate of drug-likeness (QED) is 0.708. The van der Waals surface area contributed by atoms with Gasteiger partial charge in [-0.3, -0.25) is 4.79 Å². The van der Waals surface area contributed by atoms with Gasteiger partial charge in [0.2, 0.25) is 5.91 Å². The van der Waals surface area contributed by atoms with Gasteiger partial charge in [-0.05, 0) is 42.4 Å². The number of benzene rings is 3. The van der Waals surface area contributed by atoms with Crippen LogP contribution in [0.1, 0.15) is 11.1 Å². The predicted octanol–water partition coefficient (Wildman–Crippen LogP) is 3.67. The molecule has 134 valence electrons. The van der Waals surface area contributed by atoms with Crippen molar-refractivity contribution in [3.05, 3.63) is 83.9 Å². The van der Waals surface area contributed by atoms with Crippen molar-refractivity contribution in [2.75, 3.05) is 20.6 Å². The summed E-state index contributed by atoms with van der Waals surface area (Å²) in [5, 5.41) is 5.44. The van der Waals surface area contributed by atoms with Crippen molar-refractivity contribution in [2.24, 2.45) is 0 Å². The molecular weight excluding hydrogens is 320 g/mol. The van der Waals surface area contributed by atoms with Crippen molar-refractivity contribution in [2.45, 2.75) is 18.9 Å². The largest absolute Gasteiger partial charge is 0.354 e. The molecule has 0 heterocycles. The van der Waals surface area contributed by atoms with Crippen LogP contribution in [-0.4, -0.2) is 37.5 Å². The Morgan fingerprint density at radius 3 is 2.38 bits per heavy atom. The summed E-state index contributed by atoms with van der Waals surface area (Å²) < 4.78 is 0. The Kier molecular flexibility index (Phi) is 6.03. The minimum absolute atomic E-state index is 0.0706. The van der Waals surface area contributed by atoms with E-state index in [1.54, 1.807) is 0 Å². The SMILES string of the molecule is CN(C)C(CNC(=O)Cc1cccc2ccccc12)Cc1ccccc1. The van der Waals surface area contributed by atoms with Crippen LogP contribution in [0.5, 0.6) is 0 Å². The first-order chi connectivity index (χ1) is 12.6. The lowest BCUT2D eigenvalue weighted by molar-refractivity contribution is -0.120. The fourth-order valence-electron chi connectivity index (χ4n) is 3.24. The summed E-state index contributed by atoms with van der Waals surface area (Å²) in [6, 6.07) is 25.0. The van der Waals surface area contributed by atoms with E-state index in [2.05, 4.69) is 66.8 Å². The van der Waals surface area contributed by atoms with Gasteiger partial charge in [-0.2, -0.15) is 0 Å². The molecule has 1 N–H and O–H groups in total. The van der Waals surface area contributed by atoms with Crippen molar-refractivity contribution >= 4 is 16.7 Å². The lowest BCUT2D eigenvalue weighted by Gasteiger charge is -2.25. The summed E-state index contributed by atoms with van der Waals surface area (Å²) in [4.78, 5) is 14.7. The van der Waals surface area contributed by atoms with Gasteiger partial charge in [-0.15, -0.1) is 0 Å². The maximum absolute atomic E-state index is 12.5. The Morgan fingerprint density at radius 1 is 0.923 bits per heavy atom. The van der Waals surface area contributed by atoms with Crippen molar-refractivity contribution < 1.29 is 4.79 Å². The minimum atomic E-state index is 0.0706. The number of fused-ring (bicyclic) bond motifs is 1. The molecule has 0 fully saturated rings. The van der Waals surface area contributed by atoms with E-state index in [1.165, 1.54) is 10.9 Å². The van der Waals surface area contributed by atoms with Gasteiger partial charge in [-0.25, -0.2) is 0 Å². The molecule has 0 radical (unpaired) electrons. The number of hydrogen-bond donors (Lipinski definition) is 1. The molecule has 26 heavy (non-hydrogen) atoms. The summed E-state index contributed by atoms with van der Waals surface area (Å²) in [5.41, 5.74) is 2.36. The van der Waals surface area contributed by atoms with Gasteiger partial charge in [0.15, 0.2) is 0 Å². The Bertz CT molecular complexity index is 853. The number of carbonyl (C=O) groups excluding carboxylic acids is 1. The Balaban J connectivity index is 1.61. The normalized spacial score (nSPS) is 12.3. The molecule has 0 aliphatic carbocycles. The monoisotopic (exact) mass is 346 g/mol. The van der Waals surface area contributed by atoms with Gasteiger partial charge in [-0.1, -0.05) is 72.8 Å². The van der Waals surface area contributed by atoms with E-state index in [9.17, 15) is 4.79 Å². The first kappa shape index (κ1) is 18.2. The van der Waals surface area contributed by atoms with E-state index >= 15 is 0 Å². The molecule has 1 amide bonds. The van der Waals surface area contributed by atoms with Gasteiger partial charge >= 0.3 is 0 Å². The van der Waals surface area contributed by atoms with Crippen LogP contribution in [0, 0.1) is 0 Å². The lowest BCUT2D eigenvalue weighted by atomic mass is 10.0. The van der Waals surface area contributed by atoms with Gasteiger partial charge in [0.25, 0.3) is 0 Å². The van der Waals surface area contributed by atoms with Crippen LogP contribution in [0.2, 0.25) is 0 Å². The Labute approximate surface area is 155 Å². The van der Waals surface area contributed by atoms with E-state index in [1.807, 2.05) is 30.3 Å². The molecule has 0 spiro atoms. The summed E-state index contributed by atoms with van der Waals surface area (Å²) in [7, 11) is 4.12. The smallest absolute Gasteiger partial charge is 0.224 e. The maximum atomic E-state index is 12.5. The van der Waals surface area contributed by atoms with Gasteiger partial charge in [0, 0.05) is 12.6 Å². The number of hydrogen-bond acceptors (Lipinski definition) is 2. The third-order valence-corrected chi connectivity index (χ3v) is 4.81. The topological polar surface area (TPSA) is 32.3 Å². The molecule has 3 nitrogen and oxygen atoms in total. The van der Waals surface area contributed by atoms with Gasteiger partial charge in [0.1, 0.15) is 0 Å². The third kappa shape index (κ3) is 4.70. The first-order valence-corrected chi connectivity index (χ1v) is 9.07. The number of rotatable bonds is 7. The summed E-state index contributed by atoms with van der Waals surface area (Å²) in [6.45, 7) is 0.644. The van der Waals surface area contributed by atoms with Crippen molar-refractivity contribution in [3.63, 3.8) is 0 Å². The van der Waals surface area contributed by atoms with Gasteiger partial charge < -0.3 is 10.2 Å². The highest BCUT2D eigenvalue weighted by atomic mass is 16.1. The molecular formula is C23H26N2O. The highest BCUT2D eigenvalue weighted by Crippen LogP contribution is 2.18. The van der Waals surface area contributed by atoms with Crippen molar-refractivity contribution in [1.29, 1.82) is 0 Å². The molecule has 0 bridgehead atoms. The highest BCUT2D eigenvalue weighted by Gasteiger charge is 2.14. The molecule has 0 aliphatic rings. The zero-order chi connectivity index (χ0) is 18.4.